The average Bonchev–Trinajstić information content (AvgIpc) is 3.22. The third-order valence-corrected chi connectivity index (χ3v) is 4.66. The molecule has 0 aliphatic heterocycles. The molecule has 1 N–H and O–H groups in total. The first-order valence-electron chi connectivity index (χ1n) is 8.58. The van der Waals surface area contributed by atoms with E-state index in [9.17, 15) is 9.18 Å². The van der Waals surface area contributed by atoms with Crippen molar-refractivity contribution in [3.63, 3.8) is 0 Å². The van der Waals surface area contributed by atoms with Gasteiger partial charge in [0, 0.05) is 61.1 Å². The quantitative estimate of drug-likeness (QED) is 0.602. The molecule has 4 aromatic heterocycles. The number of carbonyl (C=O) groups is 1. The minimum atomic E-state index is -0.395. The second-order valence-corrected chi connectivity index (χ2v) is 6.84. The Morgan fingerprint density at radius 2 is 2.07 bits per heavy atom. The molecular weight excluding hydrogens is 347 g/mol. The fourth-order valence-corrected chi connectivity index (χ4v) is 3.40. The van der Waals surface area contributed by atoms with Gasteiger partial charge in [0.2, 0.25) is 5.91 Å². The van der Waals surface area contributed by atoms with E-state index in [0.29, 0.717) is 17.6 Å². The van der Waals surface area contributed by atoms with Gasteiger partial charge in [0.05, 0.1) is 12.1 Å². The van der Waals surface area contributed by atoms with Crippen LogP contribution in [0.15, 0.2) is 37.2 Å². The highest BCUT2D eigenvalue weighted by Gasteiger charge is 2.20. The molecule has 1 atom stereocenters. The molecule has 1 amide bonds. The van der Waals surface area contributed by atoms with Crippen LogP contribution in [0, 0.1) is 11.7 Å². The number of nitrogens with one attached hydrogen (secondary N) is 1. The third-order valence-electron chi connectivity index (χ3n) is 4.66. The lowest BCUT2D eigenvalue weighted by atomic mass is 10.1. The minimum absolute atomic E-state index is 0.0471. The van der Waals surface area contributed by atoms with E-state index >= 15 is 0 Å². The number of halogens is 1. The Morgan fingerprint density at radius 1 is 1.26 bits per heavy atom. The van der Waals surface area contributed by atoms with Crippen LogP contribution in [0.5, 0.6) is 0 Å². The summed E-state index contributed by atoms with van der Waals surface area (Å²) in [5.41, 5.74) is 3.04. The summed E-state index contributed by atoms with van der Waals surface area (Å²) in [7, 11) is 3.49. The molecule has 0 bridgehead atoms. The van der Waals surface area contributed by atoms with Crippen molar-refractivity contribution in [3.05, 3.63) is 43.0 Å². The molecule has 8 heteroatoms. The highest BCUT2D eigenvalue weighted by atomic mass is 19.1. The number of nitrogens with zero attached hydrogens (tertiary/aromatic N) is 5. The SMILES string of the molecule is CC(Cn1cc(-c2c[nH]c3ncc(F)cc23)c2cncnc21)C(=O)N(C)C. The number of hydrogen-bond acceptors (Lipinski definition) is 4. The van der Waals surface area contributed by atoms with Crippen molar-refractivity contribution in [2.24, 2.45) is 5.92 Å². The van der Waals surface area contributed by atoms with Crippen LogP contribution in [0.3, 0.4) is 0 Å². The van der Waals surface area contributed by atoms with E-state index < -0.39 is 5.82 Å². The van der Waals surface area contributed by atoms with Gasteiger partial charge < -0.3 is 14.5 Å². The lowest BCUT2D eigenvalue weighted by Crippen LogP contribution is -2.30. The Hall–Kier alpha value is -3.29. The molecule has 7 nitrogen and oxygen atoms in total. The number of aromatic nitrogens is 5. The summed E-state index contributed by atoms with van der Waals surface area (Å²) in [6.07, 6.45) is 8.14. The van der Waals surface area contributed by atoms with Gasteiger partial charge in [0.25, 0.3) is 0 Å². The van der Waals surface area contributed by atoms with Crippen molar-refractivity contribution < 1.29 is 9.18 Å². The molecule has 4 rings (SSSR count). The molecule has 138 valence electrons. The normalized spacial score (nSPS) is 12.6. The van der Waals surface area contributed by atoms with E-state index in [2.05, 4.69) is 19.9 Å². The maximum Gasteiger partial charge on any atom is 0.226 e. The second kappa shape index (κ2) is 6.46. The monoisotopic (exact) mass is 366 g/mol. The van der Waals surface area contributed by atoms with Crippen LogP contribution >= 0.6 is 0 Å². The standard InChI is InChI=1S/C19H19FN6O/c1-11(19(27)25(2)3)8-26-9-16(15-6-21-10-24-18(15)26)14-7-23-17-13(14)4-12(20)5-22-17/h4-7,9-11H,8H2,1-3H3,(H,22,23). The largest absolute Gasteiger partial charge is 0.349 e. The number of pyridine rings is 1. The fraction of sp³-hybridized carbons (Fsp3) is 0.263. The van der Waals surface area contributed by atoms with Crippen molar-refractivity contribution in [1.29, 1.82) is 0 Å². The maximum atomic E-state index is 13.7. The van der Waals surface area contributed by atoms with Crippen LogP contribution in [0.1, 0.15) is 6.92 Å². The molecule has 0 radical (unpaired) electrons. The zero-order valence-electron chi connectivity index (χ0n) is 15.3. The average molecular weight is 366 g/mol. The number of rotatable bonds is 4. The molecule has 1 unspecified atom stereocenters. The summed E-state index contributed by atoms with van der Waals surface area (Å²) in [6, 6.07) is 1.46. The van der Waals surface area contributed by atoms with Crippen molar-refractivity contribution in [1.82, 2.24) is 29.4 Å². The maximum absolute atomic E-state index is 13.7. The van der Waals surface area contributed by atoms with Crippen molar-refractivity contribution in [3.8, 4) is 11.1 Å². The van der Waals surface area contributed by atoms with Crippen LogP contribution in [-0.2, 0) is 11.3 Å². The molecular formula is C19H19FN6O. The van der Waals surface area contributed by atoms with E-state index in [4.69, 9.17) is 0 Å². The van der Waals surface area contributed by atoms with Crippen LogP contribution in [0.4, 0.5) is 4.39 Å². The van der Waals surface area contributed by atoms with Gasteiger partial charge >= 0.3 is 0 Å². The molecule has 4 aromatic rings. The molecule has 0 spiro atoms. The number of amides is 1. The predicted octanol–water partition coefficient (Wildman–Crippen LogP) is 2.84. The van der Waals surface area contributed by atoms with Crippen LogP contribution in [-0.4, -0.2) is 49.4 Å². The molecule has 4 heterocycles. The Kier molecular flexibility index (Phi) is 4.10. The summed E-state index contributed by atoms with van der Waals surface area (Å²) in [6.45, 7) is 2.37. The van der Waals surface area contributed by atoms with Gasteiger partial charge in [-0.05, 0) is 6.07 Å². The summed E-state index contributed by atoms with van der Waals surface area (Å²) < 4.78 is 15.7. The first-order valence-corrected chi connectivity index (χ1v) is 8.58. The summed E-state index contributed by atoms with van der Waals surface area (Å²) in [5, 5.41) is 1.53. The number of carbonyl (C=O) groups excluding carboxylic acids is 1. The Morgan fingerprint density at radius 3 is 2.85 bits per heavy atom. The van der Waals surface area contributed by atoms with Gasteiger partial charge in [0.15, 0.2) is 0 Å². The van der Waals surface area contributed by atoms with Crippen molar-refractivity contribution >= 4 is 28.0 Å². The summed E-state index contributed by atoms with van der Waals surface area (Å²) >= 11 is 0. The van der Waals surface area contributed by atoms with E-state index in [1.54, 1.807) is 31.4 Å². The summed E-state index contributed by atoms with van der Waals surface area (Å²) in [5.74, 6) is -0.556. The van der Waals surface area contributed by atoms with Crippen LogP contribution in [0.2, 0.25) is 0 Å². The lowest BCUT2D eigenvalue weighted by molar-refractivity contribution is -0.132. The van der Waals surface area contributed by atoms with Crippen LogP contribution < -0.4 is 0 Å². The predicted molar refractivity (Wildman–Crippen MR) is 100 cm³/mol. The molecule has 27 heavy (non-hydrogen) atoms. The Labute approximate surface area is 154 Å². The van der Waals surface area contributed by atoms with Gasteiger partial charge in [-0.3, -0.25) is 4.79 Å². The number of fused-ring (bicyclic) bond motifs is 2. The molecule has 0 aromatic carbocycles. The van der Waals surface area contributed by atoms with Gasteiger partial charge in [-0.25, -0.2) is 19.3 Å². The number of hydrogen-bond donors (Lipinski definition) is 1. The highest BCUT2D eigenvalue weighted by molar-refractivity contribution is 6.03. The minimum Gasteiger partial charge on any atom is -0.349 e. The van der Waals surface area contributed by atoms with E-state index in [-0.39, 0.29) is 11.8 Å². The third kappa shape index (κ3) is 2.92. The Balaban J connectivity index is 1.85. The zero-order valence-corrected chi connectivity index (χ0v) is 15.3. The first kappa shape index (κ1) is 17.1. The zero-order chi connectivity index (χ0) is 19.1. The smallest absolute Gasteiger partial charge is 0.226 e. The summed E-state index contributed by atoms with van der Waals surface area (Å²) in [4.78, 5) is 29.5. The van der Waals surface area contributed by atoms with Gasteiger partial charge in [0.1, 0.15) is 23.4 Å². The molecule has 0 saturated carbocycles. The first-order chi connectivity index (χ1) is 13.0. The molecule has 0 saturated heterocycles. The highest BCUT2D eigenvalue weighted by Crippen LogP contribution is 2.34. The van der Waals surface area contributed by atoms with Crippen molar-refractivity contribution in [2.45, 2.75) is 13.5 Å². The van der Waals surface area contributed by atoms with E-state index in [0.717, 1.165) is 22.2 Å². The number of H-pyrrole nitrogens is 1. The molecule has 0 aliphatic rings. The van der Waals surface area contributed by atoms with Gasteiger partial charge in [-0.2, -0.15) is 0 Å². The van der Waals surface area contributed by atoms with Gasteiger partial charge in [-0.1, -0.05) is 6.92 Å². The Bertz CT molecular complexity index is 1150. The molecule has 0 fully saturated rings. The van der Waals surface area contributed by atoms with E-state index in [1.165, 1.54) is 18.6 Å². The van der Waals surface area contributed by atoms with E-state index in [1.807, 2.05) is 17.7 Å². The van der Waals surface area contributed by atoms with Crippen LogP contribution in [0.25, 0.3) is 33.2 Å². The van der Waals surface area contributed by atoms with Crippen molar-refractivity contribution in [2.75, 3.05) is 14.1 Å². The number of aromatic amines is 1. The molecule has 0 aliphatic carbocycles. The van der Waals surface area contributed by atoms with Gasteiger partial charge in [-0.15, -0.1) is 0 Å². The lowest BCUT2D eigenvalue weighted by Gasteiger charge is -2.17. The second-order valence-electron chi connectivity index (χ2n) is 6.84. The fourth-order valence-electron chi connectivity index (χ4n) is 3.40. The topological polar surface area (TPSA) is 79.7 Å².